The third-order valence-corrected chi connectivity index (χ3v) is 3.37. The van der Waals surface area contributed by atoms with E-state index in [1.165, 1.54) is 7.11 Å². The Morgan fingerprint density at radius 2 is 2.10 bits per heavy atom. The second kappa shape index (κ2) is 6.09. The van der Waals surface area contributed by atoms with Crippen LogP contribution in [0.4, 0.5) is 0 Å². The van der Waals surface area contributed by atoms with Crippen LogP contribution in [0.5, 0.6) is 5.75 Å². The highest BCUT2D eigenvalue weighted by Gasteiger charge is 2.20. The molecule has 106 valence electrons. The molecule has 20 heavy (non-hydrogen) atoms. The van der Waals surface area contributed by atoms with Gasteiger partial charge in [-0.25, -0.2) is 0 Å². The van der Waals surface area contributed by atoms with Crippen molar-refractivity contribution < 1.29 is 9.53 Å². The topological polar surface area (TPSA) is 44.1 Å². The lowest BCUT2D eigenvalue weighted by molar-refractivity contribution is 0.102. The molecule has 0 N–H and O–H groups in total. The predicted molar refractivity (Wildman–Crippen MR) is 78.7 cm³/mol. The van der Waals surface area contributed by atoms with Crippen LogP contribution in [0, 0.1) is 0 Å². The van der Waals surface area contributed by atoms with E-state index in [1.54, 1.807) is 22.9 Å². The highest BCUT2D eigenvalue weighted by molar-refractivity contribution is 6.31. The number of methoxy groups -OCH3 is 1. The molecule has 4 nitrogen and oxygen atoms in total. The van der Waals surface area contributed by atoms with E-state index in [1.807, 2.05) is 19.9 Å². The summed E-state index contributed by atoms with van der Waals surface area (Å²) in [6.45, 7) is 4.61. The van der Waals surface area contributed by atoms with Gasteiger partial charge >= 0.3 is 0 Å². The van der Waals surface area contributed by atoms with Crippen molar-refractivity contribution in [2.45, 2.75) is 26.8 Å². The lowest BCUT2D eigenvalue weighted by atomic mass is 10.1. The maximum atomic E-state index is 12.7. The predicted octanol–water partition coefficient (Wildman–Crippen LogP) is 3.36. The van der Waals surface area contributed by atoms with Crippen LogP contribution in [-0.2, 0) is 13.0 Å². The Hall–Kier alpha value is -1.81. The minimum atomic E-state index is -0.126. The first kappa shape index (κ1) is 14.6. The minimum Gasteiger partial charge on any atom is -0.496 e. The van der Waals surface area contributed by atoms with Gasteiger partial charge in [-0.3, -0.25) is 9.48 Å². The molecule has 0 saturated heterocycles. The van der Waals surface area contributed by atoms with Crippen molar-refractivity contribution in [2.24, 2.45) is 0 Å². The van der Waals surface area contributed by atoms with E-state index in [9.17, 15) is 4.79 Å². The van der Waals surface area contributed by atoms with Gasteiger partial charge in [0.1, 0.15) is 11.4 Å². The first-order valence-corrected chi connectivity index (χ1v) is 6.93. The number of rotatable bonds is 5. The average molecular weight is 293 g/mol. The first-order valence-electron chi connectivity index (χ1n) is 6.55. The van der Waals surface area contributed by atoms with Gasteiger partial charge in [-0.05, 0) is 37.6 Å². The van der Waals surface area contributed by atoms with Gasteiger partial charge in [0.25, 0.3) is 0 Å². The van der Waals surface area contributed by atoms with Gasteiger partial charge in [-0.15, -0.1) is 0 Å². The SMILES string of the molecule is CCc1cc(C(=O)c2cc(Cl)ccc2OC)n(CC)n1. The van der Waals surface area contributed by atoms with Crippen LogP contribution < -0.4 is 4.74 Å². The molecule has 1 aromatic carbocycles. The molecule has 1 aromatic heterocycles. The fraction of sp³-hybridized carbons (Fsp3) is 0.333. The molecule has 0 fully saturated rings. The Balaban J connectivity index is 2.50. The molecule has 0 spiro atoms. The fourth-order valence-electron chi connectivity index (χ4n) is 2.06. The number of hydrogen-bond acceptors (Lipinski definition) is 3. The number of nitrogens with zero attached hydrogens (tertiary/aromatic N) is 2. The maximum absolute atomic E-state index is 12.7. The van der Waals surface area contributed by atoms with Crippen LogP contribution in [0.2, 0.25) is 5.02 Å². The largest absolute Gasteiger partial charge is 0.496 e. The molecule has 0 bridgehead atoms. The molecular weight excluding hydrogens is 276 g/mol. The van der Waals surface area contributed by atoms with Crippen LogP contribution >= 0.6 is 11.6 Å². The zero-order valence-corrected chi connectivity index (χ0v) is 12.6. The number of benzene rings is 1. The zero-order chi connectivity index (χ0) is 14.7. The molecule has 5 heteroatoms. The fourth-order valence-corrected chi connectivity index (χ4v) is 2.23. The van der Waals surface area contributed by atoms with Crippen LogP contribution in [0.3, 0.4) is 0 Å². The lowest BCUT2D eigenvalue weighted by Gasteiger charge is -2.09. The van der Waals surface area contributed by atoms with E-state index in [0.717, 1.165) is 12.1 Å². The van der Waals surface area contributed by atoms with E-state index in [-0.39, 0.29) is 5.78 Å². The summed E-state index contributed by atoms with van der Waals surface area (Å²) in [6, 6.07) is 6.85. The Kier molecular flexibility index (Phi) is 4.45. The summed E-state index contributed by atoms with van der Waals surface area (Å²) in [6.07, 6.45) is 0.792. The van der Waals surface area contributed by atoms with Gasteiger partial charge < -0.3 is 4.74 Å². The summed E-state index contributed by atoms with van der Waals surface area (Å²) in [5.74, 6) is 0.389. The van der Waals surface area contributed by atoms with E-state index in [2.05, 4.69) is 5.10 Å². The van der Waals surface area contributed by atoms with E-state index >= 15 is 0 Å². The third-order valence-electron chi connectivity index (χ3n) is 3.13. The molecule has 0 aliphatic rings. The van der Waals surface area contributed by atoms with Crippen molar-refractivity contribution in [2.75, 3.05) is 7.11 Å². The number of aryl methyl sites for hydroxylation is 2. The van der Waals surface area contributed by atoms with Gasteiger partial charge in [0.15, 0.2) is 0 Å². The molecule has 2 rings (SSSR count). The standard InChI is InChI=1S/C15H17ClN2O2/c1-4-11-9-13(18(5-2)17-11)15(19)12-8-10(16)6-7-14(12)20-3/h6-9H,4-5H2,1-3H3. The number of carbonyl (C=O) groups is 1. The number of ether oxygens (including phenoxy) is 1. The molecular formula is C15H17ClN2O2. The Bertz CT molecular complexity index is 635. The van der Waals surface area contributed by atoms with Crippen molar-refractivity contribution in [3.63, 3.8) is 0 Å². The van der Waals surface area contributed by atoms with Gasteiger partial charge in [0.05, 0.1) is 18.4 Å². The summed E-state index contributed by atoms with van der Waals surface area (Å²) in [7, 11) is 1.54. The highest BCUT2D eigenvalue weighted by Crippen LogP contribution is 2.25. The van der Waals surface area contributed by atoms with E-state index in [4.69, 9.17) is 16.3 Å². The second-order valence-electron chi connectivity index (χ2n) is 4.36. The molecule has 0 aliphatic carbocycles. The number of hydrogen-bond donors (Lipinski definition) is 0. The number of aromatic nitrogens is 2. The summed E-state index contributed by atoms with van der Waals surface area (Å²) in [5, 5.41) is 4.90. The monoisotopic (exact) mass is 292 g/mol. The summed E-state index contributed by atoms with van der Waals surface area (Å²) >= 11 is 5.98. The molecule has 0 aliphatic heterocycles. The summed E-state index contributed by atoms with van der Waals surface area (Å²) < 4.78 is 6.95. The van der Waals surface area contributed by atoms with E-state index < -0.39 is 0 Å². The molecule has 0 unspecified atom stereocenters. The summed E-state index contributed by atoms with van der Waals surface area (Å²) in [5.41, 5.74) is 1.92. The van der Waals surface area contributed by atoms with Crippen molar-refractivity contribution in [1.82, 2.24) is 9.78 Å². The Labute approximate surface area is 123 Å². The molecule has 0 amide bonds. The molecule has 0 atom stereocenters. The number of halogens is 1. The molecule has 1 heterocycles. The molecule has 0 saturated carbocycles. The first-order chi connectivity index (χ1) is 9.60. The molecule has 2 aromatic rings. The molecule has 0 radical (unpaired) electrons. The highest BCUT2D eigenvalue weighted by atomic mass is 35.5. The maximum Gasteiger partial charge on any atom is 0.214 e. The minimum absolute atomic E-state index is 0.126. The van der Waals surface area contributed by atoms with Crippen LogP contribution in [0.1, 0.15) is 35.6 Å². The zero-order valence-electron chi connectivity index (χ0n) is 11.8. The number of carbonyl (C=O) groups excluding carboxylic acids is 1. The lowest BCUT2D eigenvalue weighted by Crippen LogP contribution is -2.11. The van der Waals surface area contributed by atoms with Crippen LogP contribution in [0.25, 0.3) is 0 Å². The normalized spacial score (nSPS) is 10.6. The smallest absolute Gasteiger partial charge is 0.214 e. The van der Waals surface area contributed by atoms with Crippen LogP contribution in [0.15, 0.2) is 24.3 Å². The van der Waals surface area contributed by atoms with Crippen molar-refractivity contribution >= 4 is 17.4 Å². The van der Waals surface area contributed by atoms with Gasteiger partial charge in [-0.2, -0.15) is 5.10 Å². The van der Waals surface area contributed by atoms with Gasteiger partial charge in [-0.1, -0.05) is 18.5 Å². The van der Waals surface area contributed by atoms with Crippen molar-refractivity contribution in [3.05, 3.63) is 46.2 Å². The third kappa shape index (κ3) is 2.70. The second-order valence-corrected chi connectivity index (χ2v) is 4.80. The van der Waals surface area contributed by atoms with Crippen molar-refractivity contribution in [1.29, 1.82) is 0 Å². The average Bonchev–Trinajstić information content (AvgIpc) is 2.89. The Morgan fingerprint density at radius 3 is 2.70 bits per heavy atom. The number of ketones is 1. The van der Waals surface area contributed by atoms with Crippen LogP contribution in [-0.4, -0.2) is 22.7 Å². The van der Waals surface area contributed by atoms with Gasteiger partial charge in [0, 0.05) is 11.6 Å². The quantitative estimate of drug-likeness (QED) is 0.794. The Morgan fingerprint density at radius 1 is 1.35 bits per heavy atom. The summed E-state index contributed by atoms with van der Waals surface area (Å²) in [4.78, 5) is 12.7. The van der Waals surface area contributed by atoms with E-state index in [0.29, 0.717) is 28.6 Å². The van der Waals surface area contributed by atoms with Gasteiger partial charge in [0.2, 0.25) is 5.78 Å². The van der Waals surface area contributed by atoms with Crippen molar-refractivity contribution in [3.8, 4) is 5.75 Å².